The van der Waals surface area contributed by atoms with Crippen molar-refractivity contribution in [1.29, 1.82) is 0 Å². The fraction of sp³-hybridized carbons (Fsp3) is 0. The highest BCUT2D eigenvalue weighted by Gasteiger charge is 2.20. The van der Waals surface area contributed by atoms with E-state index in [0.29, 0.717) is 0 Å². The van der Waals surface area contributed by atoms with Crippen molar-refractivity contribution < 1.29 is 4.42 Å². The molecule has 0 atom stereocenters. The van der Waals surface area contributed by atoms with Crippen LogP contribution < -0.4 is 0 Å². The van der Waals surface area contributed by atoms with Gasteiger partial charge in [0.1, 0.15) is 11.2 Å². The maximum absolute atomic E-state index is 6.71. The smallest absolute Gasteiger partial charge is 0.136 e. The molecule has 0 bridgehead atoms. The molecule has 43 heavy (non-hydrogen) atoms. The highest BCUT2D eigenvalue weighted by Crippen LogP contribution is 2.46. The van der Waals surface area contributed by atoms with Crippen LogP contribution in [0.15, 0.2) is 138 Å². The van der Waals surface area contributed by atoms with Gasteiger partial charge in [0.15, 0.2) is 0 Å². The van der Waals surface area contributed by atoms with Gasteiger partial charge in [-0.1, -0.05) is 97.1 Å². The molecule has 0 aliphatic heterocycles. The molecule has 3 aromatic heterocycles. The monoisotopic (exact) mass is 546 g/mol. The van der Waals surface area contributed by atoms with Crippen molar-refractivity contribution >= 4 is 86.8 Å². The summed E-state index contributed by atoms with van der Waals surface area (Å²) >= 11 is 0. The average Bonchev–Trinajstić information content (AvgIpc) is 3.46. The van der Waals surface area contributed by atoms with Gasteiger partial charge in [0, 0.05) is 38.7 Å². The van der Waals surface area contributed by atoms with Crippen LogP contribution in [-0.4, -0.2) is 9.97 Å². The first kappa shape index (κ1) is 22.8. The van der Waals surface area contributed by atoms with Crippen LogP contribution in [0, 0.1) is 0 Å². The molecule has 0 amide bonds. The molecule has 0 saturated heterocycles. The summed E-state index contributed by atoms with van der Waals surface area (Å²) in [7, 11) is 0. The second kappa shape index (κ2) is 8.37. The molecule has 0 aliphatic rings. The summed E-state index contributed by atoms with van der Waals surface area (Å²) in [5.41, 5.74) is 5.55. The van der Waals surface area contributed by atoms with Crippen LogP contribution in [0.25, 0.3) is 98.1 Å². The molecule has 10 rings (SSSR count). The predicted octanol–water partition coefficient (Wildman–Crippen LogP) is 11.0. The first-order chi connectivity index (χ1) is 21.3. The number of benzene rings is 7. The largest absolute Gasteiger partial charge is 0.456 e. The number of fused-ring (bicyclic) bond motifs is 15. The number of furan rings is 1. The molecule has 0 aliphatic carbocycles. The van der Waals surface area contributed by atoms with Crippen LogP contribution in [0.1, 0.15) is 0 Å². The lowest BCUT2D eigenvalue weighted by atomic mass is 9.90. The Morgan fingerprint density at radius 3 is 1.79 bits per heavy atom. The Morgan fingerprint density at radius 2 is 1.02 bits per heavy atom. The Balaban J connectivity index is 1.37. The predicted molar refractivity (Wildman–Crippen MR) is 180 cm³/mol. The van der Waals surface area contributed by atoms with Crippen LogP contribution in [0.4, 0.5) is 0 Å². The van der Waals surface area contributed by atoms with E-state index in [2.05, 4.69) is 126 Å². The van der Waals surface area contributed by atoms with Gasteiger partial charge in [0.05, 0.1) is 16.7 Å². The zero-order valence-corrected chi connectivity index (χ0v) is 23.0. The summed E-state index contributed by atoms with van der Waals surface area (Å²) in [5.74, 6) is 0. The zero-order chi connectivity index (χ0) is 28.1. The van der Waals surface area contributed by atoms with Gasteiger partial charge in [-0.25, -0.2) is 4.98 Å². The van der Waals surface area contributed by atoms with E-state index < -0.39 is 0 Å². The zero-order valence-electron chi connectivity index (χ0n) is 23.0. The molecule has 10 aromatic rings. The van der Waals surface area contributed by atoms with Crippen LogP contribution in [0.5, 0.6) is 0 Å². The molecule has 0 spiro atoms. The summed E-state index contributed by atoms with van der Waals surface area (Å²) in [6.07, 6.45) is 1.84. The van der Waals surface area contributed by atoms with Gasteiger partial charge in [0.25, 0.3) is 0 Å². The number of nitrogens with zero attached hydrogens (tertiary/aromatic N) is 2. The summed E-state index contributed by atoms with van der Waals surface area (Å²) in [4.78, 5) is 9.88. The van der Waals surface area contributed by atoms with Crippen molar-refractivity contribution in [2.75, 3.05) is 0 Å². The van der Waals surface area contributed by atoms with E-state index in [-0.39, 0.29) is 0 Å². The van der Waals surface area contributed by atoms with E-state index >= 15 is 0 Å². The molecule has 198 valence electrons. The van der Waals surface area contributed by atoms with E-state index in [1.807, 2.05) is 12.3 Å². The van der Waals surface area contributed by atoms with Crippen molar-refractivity contribution in [2.45, 2.75) is 0 Å². The molecular weight excluding hydrogens is 524 g/mol. The number of hydrogen-bond acceptors (Lipinski definition) is 3. The summed E-state index contributed by atoms with van der Waals surface area (Å²) in [6, 6.07) is 45.2. The van der Waals surface area contributed by atoms with Gasteiger partial charge in [-0.3, -0.25) is 4.98 Å². The Kier molecular flexibility index (Phi) is 4.45. The summed E-state index contributed by atoms with van der Waals surface area (Å²) < 4.78 is 6.71. The van der Waals surface area contributed by atoms with Crippen molar-refractivity contribution in [2.24, 2.45) is 0 Å². The maximum atomic E-state index is 6.71. The molecule has 3 heterocycles. The van der Waals surface area contributed by atoms with E-state index in [1.165, 1.54) is 37.7 Å². The van der Waals surface area contributed by atoms with Crippen molar-refractivity contribution in [1.82, 2.24) is 9.97 Å². The molecule has 3 heteroatoms. The Morgan fingerprint density at radius 1 is 0.419 bits per heavy atom. The lowest BCUT2D eigenvalue weighted by Gasteiger charge is -2.12. The average molecular weight is 547 g/mol. The number of hydrogen-bond donors (Lipinski definition) is 0. The molecule has 3 nitrogen and oxygen atoms in total. The molecule has 0 N–H and O–H groups in total. The van der Waals surface area contributed by atoms with Crippen LogP contribution in [0.3, 0.4) is 0 Å². The van der Waals surface area contributed by atoms with Gasteiger partial charge in [-0.05, 0) is 68.0 Å². The summed E-state index contributed by atoms with van der Waals surface area (Å²) in [6.45, 7) is 0. The summed E-state index contributed by atoms with van der Waals surface area (Å²) in [5, 5.41) is 14.3. The van der Waals surface area contributed by atoms with Crippen LogP contribution in [-0.2, 0) is 0 Å². The molecule has 7 aromatic carbocycles. The number of pyridine rings is 2. The third-order valence-electron chi connectivity index (χ3n) is 9.06. The fourth-order valence-corrected chi connectivity index (χ4v) is 7.20. The van der Waals surface area contributed by atoms with Gasteiger partial charge in [-0.15, -0.1) is 0 Å². The minimum absolute atomic E-state index is 0.867. The van der Waals surface area contributed by atoms with Gasteiger partial charge >= 0.3 is 0 Å². The number of aromatic nitrogens is 2. The van der Waals surface area contributed by atoms with Crippen LogP contribution >= 0.6 is 0 Å². The first-order valence-corrected chi connectivity index (χ1v) is 14.6. The minimum Gasteiger partial charge on any atom is -0.456 e. The second-order valence-corrected chi connectivity index (χ2v) is 11.3. The molecule has 0 saturated carbocycles. The Labute approximate surface area is 245 Å². The standard InChI is InChI=1S/C40H22N2O/c1-2-11-27-25(9-1)26-10-3-5-13-29(26)36-31(27)18-20-34-38(36)37-30-14-6-4-12-28(30)32(22-35(37)43-34)33-19-17-24-16-15-23-8-7-21-41-39(23)40(24)42-33/h1-22H. The lowest BCUT2D eigenvalue weighted by molar-refractivity contribution is 0.669. The molecule has 0 fully saturated rings. The van der Waals surface area contributed by atoms with Gasteiger partial charge < -0.3 is 4.42 Å². The van der Waals surface area contributed by atoms with Gasteiger partial charge in [0.2, 0.25) is 0 Å². The van der Waals surface area contributed by atoms with E-state index in [0.717, 1.165) is 60.4 Å². The third-order valence-corrected chi connectivity index (χ3v) is 9.06. The topological polar surface area (TPSA) is 38.9 Å². The fourth-order valence-electron chi connectivity index (χ4n) is 7.20. The lowest BCUT2D eigenvalue weighted by Crippen LogP contribution is -1.90. The molecule has 0 radical (unpaired) electrons. The van der Waals surface area contributed by atoms with E-state index in [9.17, 15) is 0 Å². The van der Waals surface area contributed by atoms with E-state index in [1.54, 1.807) is 0 Å². The minimum atomic E-state index is 0.867. The second-order valence-electron chi connectivity index (χ2n) is 11.3. The normalized spacial score (nSPS) is 12.2. The maximum Gasteiger partial charge on any atom is 0.136 e. The van der Waals surface area contributed by atoms with Crippen molar-refractivity contribution in [3.63, 3.8) is 0 Å². The van der Waals surface area contributed by atoms with Crippen LogP contribution in [0.2, 0.25) is 0 Å². The number of rotatable bonds is 1. The Bertz CT molecular complexity index is 2760. The quantitative estimate of drug-likeness (QED) is 0.192. The molecular formula is C40H22N2O. The first-order valence-electron chi connectivity index (χ1n) is 14.6. The highest BCUT2D eigenvalue weighted by atomic mass is 16.3. The third kappa shape index (κ3) is 3.08. The highest BCUT2D eigenvalue weighted by molar-refractivity contribution is 6.37. The van der Waals surface area contributed by atoms with Crippen molar-refractivity contribution in [3.05, 3.63) is 134 Å². The molecule has 0 unspecified atom stereocenters. The SMILES string of the molecule is c1cnc2c(c1)ccc1ccc(-c3cc4oc5ccc6c7ccccc7c7ccccc7c6c5c4c4ccccc34)nc12. The van der Waals surface area contributed by atoms with E-state index in [4.69, 9.17) is 9.40 Å². The van der Waals surface area contributed by atoms with Gasteiger partial charge in [-0.2, -0.15) is 0 Å². The Hall–Kier alpha value is -5.80. The van der Waals surface area contributed by atoms with Crippen molar-refractivity contribution in [3.8, 4) is 11.3 Å².